The van der Waals surface area contributed by atoms with Gasteiger partial charge >= 0.3 is 0 Å². The molecule has 5 nitrogen and oxygen atoms in total. The molecule has 2 rings (SSSR count). The third-order valence-electron chi connectivity index (χ3n) is 2.70. The van der Waals surface area contributed by atoms with E-state index in [0.717, 1.165) is 5.56 Å². The van der Waals surface area contributed by atoms with E-state index >= 15 is 0 Å². The lowest BCUT2D eigenvalue weighted by Crippen LogP contribution is -2.24. The molecule has 2 aromatic rings. The normalized spacial score (nSPS) is 10.5. The number of ether oxygens (including phenoxy) is 2. The molecule has 0 bridgehead atoms. The topological polar surface area (TPSA) is 59.9 Å². The number of amides is 1. The Morgan fingerprint density at radius 1 is 1.27 bits per heavy atom. The van der Waals surface area contributed by atoms with Gasteiger partial charge in [0.1, 0.15) is 17.3 Å². The first-order valence-electron chi connectivity index (χ1n) is 6.52. The molecule has 0 heterocycles. The van der Waals surface area contributed by atoms with Crippen LogP contribution in [-0.2, 0) is 4.79 Å². The fourth-order valence-electron chi connectivity index (χ4n) is 1.68. The average Bonchev–Trinajstić information content (AvgIpc) is 2.53. The van der Waals surface area contributed by atoms with E-state index in [1.807, 2.05) is 12.1 Å². The second kappa shape index (κ2) is 7.78. The Kier molecular flexibility index (Phi) is 5.48. The molecule has 0 radical (unpaired) electrons. The minimum absolute atomic E-state index is 0.257. The third kappa shape index (κ3) is 4.59. The number of hydrogen-bond acceptors (Lipinski definition) is 4. The molecule has 0 saturated heterocycles. The van der Waals surface area contributed by atoms with E-state index in [1.165, 1.54) is 24.4 Å². The number of halogens is 1. The summed E-state index contributed by atoms with van der Waals surface area (Å²) in [5.41, 5.74) is 3.06. The molecule has 2 aromatic carbocycles. The number of hydrogen-bond donors (Lipinski definition) is 1. The molecule has 0 aliphatic rings. The van der Waals surface area contributed by atoms with Crippen LogP contribution in [0.25, 0.3) is 0 Å². The predicted molar refractivity (Wildman–Crippen MR) is 80.6 cm³/mol. The lowest BCUT2D eigenvalue weighted by atomic mass is 10.2. The van der Waals surface area contributed by atoms with Crippen LogP contribution in [0.2, 0.25) is 0 Å². The zero-order valence-electron chi connectivity index (χ0n) is 12.0. The summed E-state index contributed by atoms with van der Waals surface area (Å²) in [7, 11) is 1.55. The molecule has 1 amide bonds. The zero-order valence-corrected chi connectivity index (χ0v) is 12.0. The lowest BCUT2D eigenvalue weighted by molar-refractivity contribution is -0.123. The molecule has 114 valence electrons. The Balaban J connectivity index is 1.83. The highest BCUT2D eigenvalue weighted by Crippen LogP contribution is 2.14. The van der Waals surface area contributed by atoms with Crippen LogP contribution in [0.3, 0.4) is 0 Å². The average molecular weight is 302 g/mol. The van der Waals surface area contributed by atoms with Crippen molar-refractivity contribution in [1.29, 1.82) is 0 Å². The maximum Gasteiger partial charge on any atom is 0.277 e. The molecule has 0 saturated carbocycles. The van der Waals surface area contributed by atoms with E-state index < -0.39 is 11.7 Å². The minimum Gasteiger partial charge on any atom is -0.496 e. The van der Waals surface area contributed by atoms with Crippen molar-refractivity contribution >= 4 is 12.1 Å². The van der Waals surface area contributed by atoms with Crippen LogP contribution in [0.4, 0.5) is 4.39 Å². The molecular formula is C16H15FN2O3. The highest BCUT2D eigenvalue weighted by atomic mass is 19.1. The molecule has 1 N–H and O–H groups in total. The van der Waals surface area contributed by atoms with E-state index in [-0.39, 0.29) is 12.4 Å². The van der Waals surface area contributed by atoms with E-state index in [1.54, 1.807) is 25.3 Å². The van der Waals surface area contributed by atoms with Crippen LogP contribution in [-0.4, -0.2) is 25.8 Å². The van der Waals surface area contributed by atoms with Crippen molar-refractivity contribution in [3.05, 3.63) is 59.9 Å². The van der Waals surface area contributed by atoms with E-state index in [4.69, 9.17) is 9.47 Å². The lowest BCUT2D eigenvalue weighted by Gasteiger charge is -2.05. The zero-order chi connectivity index (χ0) is 15.8. The molecule has 0 fully saturated rings. The summed E-state index contributed by atoms with van der Waals surface area (Å²) >= 11 is 0. The molecule has 0 aromatic heterocycles. The van der Waals surface area contributed by atoms with Gasteiger partial charge in [-0.3, -0.25) is 4.79 Å². The Bertz CT molecular complexity index is 674. The number of nitrogens with one attached hydrogen (secondary N) is 1. The number of para-hydroxylation sites is 1. The third-order valence-corrected chi connectivity index (χ3v) is 2.70. The van der Waals surface area contributed by atoms with Crippen molar-refractivity contribution in [2.75, 3.05) is 13.7 Å². The van der Waals surface area contributed by atoms with Gasteiger partial charge < -0.3 is 9.47 Å². The van der Waals surface area contributed by atoms with Gasteiger partial charge in [-0.2, -0.15) is 5.10 Å². The number of methoxy groups -OCH3 is 1. The minimum atomic E-state index is -0.449. The van der Waals surface area contributed by atoms with Crippen molar-refractivity contribution in [2.45, 2.75) is 0 Å². The Morgan fingerprint density at radius 2 is 2.09 bits per heavy atom. The number of benzene rings is 2. The van der Waals surface area contributed by atoms with Crippen LogP contribution < -0.4 is 14.9 Å². The Hall–Kier alpha value is -2.89. The molecular weight excluding hydrogens is 287 g/mol. The molecule has 0 aliphatic carbocycles. The van der Waals surface area contributed by atoms with Crippen molar-refractivity contribution in [1.82, 2.24) is 5.43 Å². The van der Waals surface area contributed by atoms with Crippen LogP contribution in [0.15, 0.2) is 53.6 Å². The summed E-state index contributed by atoms with van der Waals surface area (Å²) in [4.78, 5) is 11.6. The standard InChI is InChI=1S/C16H15FN2O3/c1-21-15-8-3-2-5-12(15)10-18-19-16(20)11-22-14-7-4-6-13(17)9-14/h2-10H,11H2,1H3,(H,19,20)/b18-10-. The fourth-order valence-corrected chi connectivity index (χ4v) is 1.68. The highest BCUT2D eigenvalue weighted by molar-refractivity contribution is 5.85. The van der Waals surface area contributed by atoms with Gasteiger partial charge in [0.25, 0.3) is 5.91 Å². The SMILES string of the molecule is COc1ccccc1/C=N\NC(=O)COc1cccc(F)c1. The largest absolute Gasteiger partial charge is 0.496 e. The maximum atomic E-state index is 12.9. The van der Waals surface area contributed by atoms with Gasteiger partial charge in [0, 0.05) is 11.6 Å². The van der Waals surface area contributed by atoms with Crippen LogP contribution in [0, 0.1) is 5.82 Å². The first kappa shape index (κ1) is 15.5. The summed E-state index contributed by atoms with van der Waals surface area (Å²) in [5, 5.41) is 3.82. The van der Waals surface area contributed by atoms with E-state index in [0.29, 0.717) is 5.75 Å². The molecule has 0 atom stereocenters. The summed E-state index contributed by atoms with van der Waals surface area (Å²) in [5.74, 6) is 0.0582. The molecule has 22 heavy (non-hydrogen) atoms. The summed E-state index contributed by atoms with van der Waals surface area (Å²) < 4.78 is 23.2. The second-order valence-corrected chi connectivity index (χ2v) is 4.28. The van der Waals surface area contributed by atoms with E-state index in [9.17, 15) is 9.18 Å². The first-order valence-corrected chi connectivity index (χ1v) is 6.52. The van der Waals surface area contributed by atoms with Crippen molar-refractivity contribution in [3.8, 4) is 11.5 Å². The van der Waals surface area contributed by atoms with E-state index in [2.05, 4.69) is 10.5 Å². The number of rotatable bonds is 6. The van der Waals surface area contributed by atoms with Gasteiger partial charge in [-0.1, -0.05) is 18.2 Å². The van der Waals surface area contributed by atoms with Gasteiger partial charge in [0.15, 0.2) is 6.61 Å². The Labute approximate surface area is 127 Å². The van der Waals surface area contributed by atoms with Crippen LogP contribution >= 0.6 is 0 Å². The predicted octanol–water partition coefficient (Wildman–Crippen LogP) is 2.36. The molecule has 0 spiro atoms. The maximum absolute atomic E-state index is 12.9. The highest BCUT2D eigenvalue weighted by Gasteiger charge is 2.02. The Morgan fingerprint density at radius 3 is 2.86 bits per heavy atom. The smallest absolute Gasteiger partial charge is 0.277 e. The molecule has 6 heteroatoms. The van der Waals surface area contributed by atoms with Gasteiger partial charge in [0.05, 0.1) is 13.3 Å². The van der Waals surface area contributed by atoms with Gasteiger partial charge in [-0.25, -0.2) is 9.82 Å². The summed E-state index contributed by atoms with van der Waals surface area (Å²) in [6.07, 6.45) is 1.47. The number of carbonyl (C=O) groups is 1. The number of carbonyl (C=O) groups excluding carboxylic acids is 1. The first-order chi connectivity index (χ1) is 10.7. The quantitative estimate of drug-likeness (QED) is 0.658. The fraction of sp³-hybridized carbons (Fsp3) is 0.125. The number of hydrazone groups is 1. The molecule has 0 aliphatic heterocycles. The van der Waals surface area contributed by atoms with Crippen LogP contribution in [0.1, 0.15) is 5.56 Å². The van der Waals surface area contributed by atoms with Crippen molar-refractivity contribution in [3.63, 3.8) is 0 Å². The van der Waals surface area contributed by atoms with Gasteiger partial charge in [-0.05, 0) is 24.3 Å². The van der Waals surface area contributed by atoms with Crippen LogP contribution in [0.5, 0.6) is 11.5 Å². The summed E-state index contributed by atoms with van der Waals surface area (Å²) in [6, 6.07) is 12.8. The van der Waals surface area contributed by atoms with Crippen molar-refractivity contribution in [2.24, 2.45) is 5.10 Å². The molecule has 0 unspecified atom stereocenters. The number of nitrogens with zero attached hydrogens (tertiary/aromatic N) is 1. The second-order valence-electron chi connectivity index (χ2n) is 4.28. The monoisotopic (exact) mass is 302 g/mol. The van der Waals surface area contributed by atoms with Gasteiger partial charge in [-0.15, -0.1) is 0 Å². The van der Waals surface area contributed by atoms with Crippen molar-refractivity contribution < 1.29 is 18.7 Å². The van der Waals surface area contributed by atoms with Gasteiger partial charge in [0.2, 0.25) is 0 Å². The summed E-state index contributed by atoms with van der Waals surface area (Å²) in [6.45, 7) is -0.257.